The summed E-state index contributed by atoms with van der Waals surface area (Å²) in [6, 6.07) is 4.52. The number of thiophene rings is 1. The lowest BCUT2D eigenvalue weighted by molar-refractivity contribution is 1.06. The zero-order valence-electron chi connectivity index (χ0n) is 14.5. The van der Waals surface area contributed by atoms with Gasteiger partial charge in [0.1, 0.15) is 0 Å². The fourth-order valence-electron chi connectivity index (χ4n) is 3.47. The third-order valence-corrected chi connectivity index (χ3v) is 5.85. The molecule has 0 atom stereocenters. The Balaban J connectivity index is 2.01. The number of hydrogen-bond acceptors (Lipinski definition) is 1. The molecule has 0 aliphatic heterocycles. The summed E-state index contributed by atoms with van der Waals surface area (Å²) < 4.78 is 0. The number of nitrogens with one attached hydrogen (secondary N) is 2. The van der Waals surface area contributed by atoms with Gasteiger partial charge in [-0.2, -0.15) is 0 Å². The van der Waals surface area contributed by atoms with E-state index < -0.39 is 0 Å². The molecule has 0 saturated carbocycles. The Morgan fingerprint density at radius 1 is 0.696 bits per heavy atom. The lowest BCUT2D eigenvalue weighted by atomic mass is 10.1. The van der Waals surface area contributed by atoms with Crippen molar-refractivity contribution >= 4 is 11.3 Å². The van der Waals surface area contributed by atoms with Crippen LogP contribution in [0.2, 0.25) is 0 Å². The molecule has 0 unspecified atom stereocenters. The van der Waals surface area contributed by atoms with Crippen molar-refractivity contribution in [3.8, 4) is 21.1 Å². The molecule has 0 fully saturated rings. The van der Waals surface area contributed by atoms with Gasteiger partial charge in [0.05, 0.1) is 21.1 Å². The molecule has 0 saturated heterocycles. The van der Waals surface area contributed by atoms with E-state index >= 15 is 0 Å². The summed E-state index contributed by atoms with van der Waals surface area (Å²) in [4.78, 5) is 9.68. The van der Waals surface area contributed by atoms with E-state index in [2.05, 4.69) is 62.2 Å². The molecule has 3 rings (SSSR count). The van der Waals surface area contributed by atoms with Gasteiger partial charge in [-0.15, -0.1) is 11.3 Å². The van der Waals surface area contributed by atoms with Gasteiger partial charge in [-0.05, 0) is 60.1 Å². The van der Waals surface area contributed by atoms with Gasteiger partial charge in [-0.3, -0.25) is 0 Å². The Hall–Kier alpha value is -1.74. The molecular formula is C20H26N2S. The second-order valence-corrected chi connectivity index (χ2v) is 7.00. The molecule has 3 heteroatoms. The number of aromatic nitrogens is 2. The van der Waals surface area contributed by atoms with Gasteiger partial charge in [0.2, 0.25) is 0 Å². The zero-order chi connectivity index (χ0) is 16.4. The van der Waals surface area contributed by atoms with Crippen molar-refractivity contribution in [2.24, 2.45) is 0 Å². The maximum atomic E-state index is 3.50. The van der Waals surface area contributed by atoms with Crippen LogP contribution in [0.25, 0.3) is 21.1 Å². The average molecular weight is 327 g/mol. The first kappa shape index (κ1) is 16.1. The van der Waals surface area contributed by atoms with E-state index in [1.54, 1.807) is 0 Å². The van der Waals surface area contributed by atoms with E-state index in [-0.39, 0.29) is 0 Å². The number of aromatic amines is 2. The van der Waals surface area contributed by atoms with Gasteiger partial charge >= 0.3 is 0 Å². The summed E-state index contributed by atoms with van der Waals surface area (Å²) in [7, 11) is 0. The lowest BCUT2D eigenvalue weighted by Gasteiger charge is -2.03. The smallest absolute Gasteiger partial charge is 0.0590 e. The zero-order valence-corrected chi connectivity index (χ0v) is 15.4. The number of rotatable bonds is 6. The third kappa shape index (κ3) is 2.78. The quantitative estimate of drug-likeness (QED) is 0.558. The number of H-pyrrole nitrogens is 2. The Morgan fingerprint density at radius 3 is 1.48 bits per heavy atom. The molecule has 3 heterocycles. The molecule has 122 valence electrons. The lowest BCUT2D eigenvalue weighted by Crippen LogP contribution is -1.87. The highest BCUT2D eigenvalue weighted by atomic mass is 32.1. The van der Waals surface area contributed by atoms with Gasteiger partial charge in [0.15, 0.2) is 0 Å². The van der Waals surface area contributed by atoms with Crippen LogP contribution in [0.1, 0.15) is 49.9 Å². The Labute approximate surface area is 143 Å². The van der Waals surface area contributed by atoms with Crippen LogP contribution in [0, 0.1) is 0 Å². The van der Waals surface area contributed by atoms with Crippen molar-refractivity contribution in [2.45, 2.75) is 53.4 Å². The third-order valence-electron chi connectivity index (χ3n) is 4.73. The molecule has 0 aliphatic carbocycles. The molecule has 0 amide bonds. The van der Waals surface area contributed by atoms with Crippen LogP contribution >= 0.6 is 11.3 Å². The van der Waals surface area contributed by atoms with E-state index in [1.807, 2.05) is 11.3 Å². The van der Waals surface area contributed by atoms with Gasteiger partial charge in [-0.1, -0.05) is 27.7 Å². The van der Waals surface area contributed by atoms with E-state index in [9.17, 15) is 0 Å². The Kier molecular flexibility index (Phi) is 4.76. The van der Waals surface area contributed by atoms with E-state index in [1.165, 1.54) is 43.4 Å². The van der Waals surface area contributed by atoms with E-state index in [0.29, 0.717) is 0 Å². The first-order valence-corrected chi connectivity index (χ1v) is 9.53. The summed E-state index contributed by atoms with van der Waals surface area (Å²) in [5.41, 5.74) is 8.44. The van der Waals surface area contributed by atoms with Crippen LogP contribution in [0.5, 0.6) is 0 Å². The molecule has 2 N–H and O–H groups in total. The minimum atomic E-state index is 1.08. The molecule has 0 bridgehead atoms. The normalized spacial score (nSPS) is 11.3. The van der Waals surface area contributed by atoms with Crippen LogP contribution in [0.4, 0.5) is 0 Å². The van der Waals surface area contributed by atoms with Crippen molar-refractivity contribution in [2.75, 3.05) is 0 Å². The maximum Gasteiger partial charge on any atom is 0.0590 e. The summed E-state index contributed by atoms with van der Waals surface area (Å²) in [6.45, 7) is 8.94. The molecule has 2 nitrogen and oxygen atoms in total. The van der Waals surface area contributed by atoms with Gasteiger partial charge in [0.25, 0.3) is 0 Å². The maximum absolute atomic E-state index is 3.50. The molecule has 23 heavy (non-hydrogen) atoms. The molecule has 0 aromatic carbocycles. The topological polar surface area (TPSA) is 31.6 Å². The van der Waals surface area contributed by atoms with Crippen LogP contribution in [0.15, 0.2) is 24.5 Å². The predicted octanol–water partition coefficient (Wildman–Crippen LogP) is 5.99. The summed E-state index contributed by atoms with van der Waals surface area (Å²) in [5, 5.41) is 0. The Bertz CT molecular complexity index is 724. The van der Waals surface area contributed by atoms with Crippen LogP contribution in [0.3, 0.4) is 0 Å². The highest BCUT2D eigenvalue weighted by molar-refractivity contribution is 7.18. The summed E-state index contributed by atoms with van der Waals surface area (Å²) in [5.74, 6) is 0. The monoisotopic (exact) mass is 326 g/mol. The van der Waals surface area contributed by atoms with Crippen LogP contribution in [-0.2, 0) is 25.7 Å². The van der Waals surface area contributed by atoms with E-state index in [0.717, 1.165) is 25.7 Å². The van der Waals surface area contributed by atoms with Gasteiger partial charge in [-0.25, -0.2) is 0 Å². The van der Waals surface area contributed by atoms with Crippen molar-refractivity contribution < 1.29 is 0 Å². The predicted molar refractivity (Wildman–Crippen MR) is 101 cm³/mol. The molecule has 3 aromatic heterocycles. The second-order valence-electron chi connectivity index (χ2n) is 5.91. The standard InChI is InChI=1S/C20H26N2S/c1-5-13-11-21-19(15(13)7-3)17-9-10-18(23-17)20-16(8-4)14(6-2)12-22-20/h9-12,21-22H,5-8H2,1-4H3. The molecule has 0 aliphatic rings. The fraction of sp³-hybridized carbons (Fsp3) is 0.400. The van der Waals surface area contributed by atoms with E-state index in [4.69, 9.17) is 0 Å². The number of hydrogen-bond donors (Lipinski definition) is 2. The molecule has 0 spiro atoms. The number of aryl methyl sites for hydroxylation is 2. The van der Waals surface area contributed by atoms with Crippen LogP contribution < -0.4 is 0 Å². The average Bonchev–Trinajstić information content (AvgIpc) is 3.29. The largest absolute Gasteiger partial charge is 0.360 e. The molecule has 3 aromatic rings. The SMILES string of the molecule is CCc1c[nH]c(-c2ccc(-c3[nH]cc(CC)c3CC)s2)c1CC. The highest BCUT2D eigenvalue weighted by Gasteiger charge is 2.15. The molecule has 0 radical (unpaired) electrons. The summed E-state index contributed by atoms with van der Waals surface area (Å²) in [6.07, 6.45) is 8.70. The second kappa shape index (κ2) is 6.79. The van der Waals surface area contributed by atoms with Crippen molar-refractivity contribution in [3.63, 3.8) is 0 Å². The van der Waals surface area contributed by atoms with Crippen molar-refractivity contribution in [1.29, 1.82) is 0 Å². The highest BCUT2D eigenvalue weighted by Crippen LogP contribution is 2.38. The first-order valence-electron chi connectivity index (χ1n) is 8.72. The minimum absolute atomic E-state index is 1.08. The summed E-state index contributed by atoms with van der Waals surface area (Å²) >= 11 is 1.88. The first-order chi connectivity index (χ1) is 11.2. The van der Waals surface area contributed by atoms with Crippen LogP contribution in [-0.4, -0.2) is 9.97 Å². The van der Waals surface area contributed by atoms with Gasteiger partial charge in [0, 0.05) is 12.4 Å². The molecular weight excluding hydrogens is 300 g/mol. The Morgan fingerprint density at radius 2 is 1.13 bits per heavy atom. The van der Waals surface area contributed by atoms with Gasteiger partial charge < -0.3 is 9.97 Å². The van der Waals surface area contributed by atoms with Crippen molar-refractivity contribution in [1.82, 2.24) is 9.97 Å². The minimum Gasteiger partial charge on any atom is -0.360 e. The van der Waals surface area contributed by atoms with Crippen molar-refractivity contribution in [3.05, 3.63) is 46.8 Å². The fourth-order valence-corrected chi connectivity index (χ4v) is 4.55.